The van der Waals surface area contributed by atoms with Gasteiger partial charge >= 0.3 is 6.03 Å². The summed E-state index contributed by atoms with van der Waals surface area (Å²) in [6.45, 7) is 0. The molecule has 0 saturated carbocycles. The number of rotatable bonds is 3. The molecule has 1 aromatic carbocycles. The third kappa shape index (κ3) is 3.45. The summed E-state index contributed by atoms with van der Waals surface area (Å²) in [7, 11) is 0. The zero-order valence-corrected chi connectivity index (χ0v) is 13.0. The molecule has 0 unspecified atom stereocenters. The summed E-state index contributed by atoms with van der Waals surface area (Å²) < 4.78 is 12.9. The maximum absolute atomic E-state index is 12.9. The second-order valence-electron chi connectivity index (χ2n) is 5.22. The van der Waals surface area contributed by atoms with Crippen LogP contribution in [0, 0.1) is 5.82 Å². The summed E-state index contributed by atoms with van der Waals surface area (Å²) in [4.78, 5) is 57.0. The predicted molar refractivity (Wildman–Crippen MR) is 86.1 cm³/mol. The number of H-pyrrole nitrogens is 1. The summed E-state index contributed by atoms with van der Waals surface area (Å²) in [6, 6.07) is 4.10. The molecule has 2 heterocycles. The first-order chi connectivity index (χ1) is 12.3. The molecular formula is C15H11FN6O4. The molecule has 26 heavy (non-hydrogen) atoms. The number of hydrogen-bond acceptors (Lipinski definition) is 6. The van der Waals surface area contributed by atoms with Crippen molar-refractivity contribution in [1.29, 1.82) is 0 Å². The van der Waals surface area contributed by atoms with Gasteiger partial charge in [-0.05, 0) is 24.3 Å². The fraction of sp³-hybridized carbons (Fsp3) is 0.0667. The fourth-order valence-electron chi connectivity index (χ4n) is 2.32. The summed E-state index contributed by atoms with van der Waals surface area (Å²) in [6.07, 6.45) is -0.471. The molecule has 0 bridgehead atoms. The minimum absolute atomic E-state index is 0.0616. The molecule has 10 nitrogen and oxygen atoms in total. The zero-order valence-electron chi connectivity index (χ0n) is 13.0. The van der Waals surface area contributed by atoms with E-state index in [1.165, 1.54) is 24.3 Å². The molecule has 0 aliphatic carbocycles. The third-order valence-electron chi connectivity index (χ3n) is 3.38. The molecule has 3 rings (SSSR count). The molecule has 0 spiro atoms. The van der Waals surface area contributed by atoms with E-state index in [1.807, 2.05) is 0 Å². The van der Waals surface area contributed by atoms with Gasteiger partial charge in [0.25, 0.3) is 17.4 Å². The van der Waals surface area contributed by atoms with Gasteiger partial charge < -0.3 is 11.1 Å². The Labute approximate surface area is 143 Å². The average Bonchev–Trinajstić information content (AvgIpc) is 2.55. The number of nitrogens with zero attached hydrogens (tertiary/aromatic N) is 2. The summed E-state index contributed by atoms with van der Waals surface area (Å²) in [5.74, 6) is -2.19. The van der Waals surface area contributed by atoms with Crippen molar-refractivity contribution >= 4 is 35.1 Å². The third-order valence-corrected chi connectivity index (χ3v) is 3.38. The lowest BCUT2D eigenvalue weighted by molar-refractivity contribution is -0.119. The Balaban J connectivity index is 2.10. The van der Waals surface area contributed by atoms with Crippen LogP contribution in [0.25, 0.3) is 5.57 Å². The maximum atomic E-state index is 12.9. The fourth-order valence-corrected chi connectivity index (χ4v) is 2.32. The maximum Gasteiger partial charge on any atom is 0.319 e. The molecule has 11 heteroatoms. The number of benzene rings is 1. The molecule has 0 atom stereocenters. The standard InChI is InChI=1S/C15H11FN6O4/c16-6-1-3-7(4-2-6)18-15-20-11-10(13(25)22-15)8(5-9(23)19-11)12(24)21-14(17)26/h1-4H,5H2,(H3,17,21,24,26)(H2,18,19,20,22,23,25). The summed E-state index contributed by atoms with van der Waals surface area (Å²) in [5, 5.41) is 4.29. The Morgan fingerprint density at radius 2 is 1.88 bits per heavy atom. The van der Waals surface area contributed by atoms with Crippen LogP contribution in [0.5, 0.6) is 0 Å². The number of amides is 4. The molecule has 1 aliphatic rings. The smallest absolute Gasteiger partial charge is 0.319 e. The average molecular weight is 358 g/mol. The van der Waals surface area contributed by atoms with E-state index in [4.69, 9.17) is 5.73 Å². The van der Waals surface area contributed by atoms with Gasteiger partial charge in [-0.1, -0.05) is 0 Å². The molecule has 1 aromatic heterocycles. The highest BCUT2D eigenvalue weighted by Gasteiger charge is 2.22. The molecule has 0 saturated heterocycles. The Bertz CT molecular complexity index is 1110. The molecule has 1 aliphatic heterocycles. The van der Waals surface area contributed by atoms with Crippen molar-refractivity contribution in [2.45, 2.75) is 6.42 Å². The number of carbonyl (C=O) groups is 3. The van der Waals surface area contributed by atoms with Crippen LogP contribution in [0.15, 0.2) is 34.1 Å². The van der Waals surface area contributed by atoms with Crippen molar-refractivity contribution in [2.75, 3.05) is 5.32 Å². The minimum atomic E-state index is -1.13. The van der Waals surface area contributed by atoms with Gasteiger partial charge in [0.15, 0.2) is 5.49 Å². The first-order valence-corrected chi connectivity index (χ1v) is 7.22. The van der Waals surface area contributed by atoms with E-state index in [2.05, 4.69) is 20.3 Å². The number of urea groups is 1. The molecule has 2 aromatic rings. The van der Waals surface area contributed by atoms with Crippen molar-refractivity contribution in [1.82, 2.24) is 15.3 Å². The van der Waals surface area contributed by atoms with Crippen molar-refractivity contribution < 1.29 is 18.8 Å². The van der Waals surface area contributed by atoms with Crippen molar-refractivity contribution in [3.63, 3.8) is 0 Å². The molecule has 0 fully saturated rings. The molecule has 132 valence electrons. The number of fused-ring (bicyclic) bond motifs is 1. The van der Waals surface area contributed by atoms with Gasteiger partial charge in [0.05, 0.1) is 11.6 Å². The predicted octanol–water partition coefficient (Wildman–Crippen LogP) is -1.45. The first-order valence-electron chi connectivity index (χ1n) is 7.22. The SMILES string of the molecule is NC(=O)NC(=O)C1=c2c(nc(Nc3ccc(F)cc3)[nH]c2=O)=NC(=O)C1. The number of nitrogens with two attached hydrogens (primary N) is 1. The minimum Gasteiger partial charge on any atom is -0.351 e. The van der Waals surface area contributed by atoms with Gasteiger partial charge in [0, 0.05) is 11.3 Å². The number of aromatic amines is 1. The van der Waals surface area contributed by atoms with E-state index < -0.39 is 35.6 Å². The quantitative estimate of drug-likeness (QED) is 0.525. The van der Waals surface area contributed by atoms with Gasteiger partial charge in [-0.15, -0.1) is 0 Å². The van der Waals surface area contributed by atoms with E-state index in [1.54, 1.807) is 5.32 Å². The molecule has 0 radical (unpaired) electrons. The summed E-state index contributed by atoms with van der Waals surface area (Å²) in [5.41, 5.74) is 4.02. The van der Waals surface area contributed by atoms with Gasteiger partial charge in [-0.25, -0.2) is 9.18 Å². The number of primary amides is 1. The number of anilines is 2. The van der Waals surface area contributed by atoms with Crippen molar-refractivity contribution in [3.05, 3.63) is 51.1 Å². The van der Waals surface area contributed by atoms with Crippen LogP contribution in [0.2, 0.25) is 0 Å². The van der Waals surface area contributed by atoms with Gasteiger partial charge in [-0.2, -0.15) is 9.98 Å². The van der Waals surface area contributed by atoms with Crippen molar-refractivity contribution in [3.8, 4) is 0 Å². The first kappa shape index (κ1) is 17.0. The largest absolute Gasteiger partial charge is 0.351 e. The van der Waals surface area contributed by atoms with Crippen LogP contribution in [-0.4, -0.2) is 27.8 Å². The van der Waals surface area contributed by atoms with Crippen LogP contribution in [0.3, 0.4) is 0 Å². The lowest BCUT2D eigenvalue weighted by Gasteiger charge is -2.10. The van der Waals surface area contributed by atoms with Crippen LogP contribution in [0.4, 0.5) is 20.8 Å². The van der Waals surface area contributed by atoms with E-state index in [0.29, 0.717) is 5.69 Å². The summed E-state index contributed by atoms with van der Waals surface area (Å²) >= 11 is 0. The highest BCUT2D eigenvalue weighted by molar-refractivity contribution is 6.21. The molecule has 4 amide bonds. The van der Waals surface area contributed by atoms with Gasteiger partial charge in [0.1, 0.15) is 5.82 Å². The zero-order chi connectivity index (χ0) is 18.8. The number of imide groups is 1. The second-order valence-corrected chi connectivity index (χ2v) is 5.22. The van der Waals surface area contributed by atoms with E-state index in [0.717, 1.165) is 0 Å². The van der Waals surface area contributed by atoms with Crippen LogP contribution in [-0.2, 0) is 9.59 Å². The van der Waals surface area contributed by atoms with Gasteiger partial charge in [0.2, 0.25) is 5.95 Å². The second kappa shape index (κ2) is 6.55. The lowest BCUT2D eigenvalue weighted by Crippen LogP contribution is -2.51. The number of halogens is 1. The Morgan fingerprint density at radius 1 is 1.19 bits per heavy atom. The Kier molecular flexibility index (Phi) is 4.27. The van der Waals surface area contributed by atoms with Crippen LogP contribution < -0.4 is 32.6 Å². The molecular weight excluding hydrogens is 347 g/mol. The van der Waals surface area contributed by atoms with Crippen LogP contribution >= 0.6 is 0 Å². The monoisotopic (exact) mass is 358 g/mol. The Hall–Kier alpha value is -3.89. The van der Waals surface area contributed by atoms with Crippen LogP contribution in [0.1, 0.15) is 6.42 Å². The highest BCUT2D eigenvalue weighted by atomic mass is 19.1. The van der Waals surface area contributed by atoms with E-state index in [-0.39, 0.29) is 22.2 Å². The normalized spacial score (nSPS) is 12.8. The topological polar surface area (TPSA) is 159 Å². The van der Waals surface area contributed by atoms with Crippen molar-refractivity contribution in [2.24, 2.45) is 10.7 Å². The van der Waals surface area contributed by atoms with E-state index >= 15 is 0 Å². The molecule has 5 N–H and O–H groups in total. The van der Waals surface area contributed by atoms with Gasteiger partial charge in [-0.3, -0.25) is 24.7 Å². The highest BCUT2D eigenvalue weighted by Crippen LogP contribution is 2.11. The van der Waals surface area contributed by atoms with E-state index in [9.17, 15) is 23.6 Å². The number of aromatic nitrogens is 2. The Morgan fingerprint density at radius 3 is 2.54 bits per heavy atom. The lowest BCUT2D eigenvalue weighted by atomic mass is 10.1. The number of hydrogen-bond donors (Lipinski definition) is 4. The number of nitrogens with one attached hydrogen (secondary N) is 3. The number of carbonyl (C=O) groups excluding carboxylic acids is 3.